The minimum absolute atomic E-state index is 0.282. The summed E-state index contributed by atoms with van der Waals surface area (Å²) in [5.74, 6) is 0. The van der Waals surface area contributed by atoms with Crippen molar-refractivity contribution in [2.45, 2.75) is 38.5 Å². The van der Waals surface area contributed by atoms with Crippen molar-refractivity contribution in [3.8, 4) is 6.07 Å². The molecule has 0 aliphatic heterocycles. The Labute approximate surface area is 103 Å². The SMILES string of the molecule is CC1(C)CC(=CC#N)c2ccccc2C12CC2. The first-order valence-electron chi connectivity index (χ1n) is 6.29. The molecule has 0 amide bonds. The van der Waals surface area contributed by atoms with Crippen molar-refractivity contribution in [1.29, 1.82) is 5.26 Å². The summed E-state index contributed by atoms with van der Waals surface area (Å²) in [6.45, 7) is 4.70. The van der Waals surface area contributed by atoms with Gasteiger partial charge >= 0.3 is 0 Å². The largest absolute Gasteiger partial charge is 0.193 e. The molecule has 0 saturated heterocycles. The van der Waals surface area contributed by atoms with E-state index < -0.39 is 0 Å². The maximum Gasteiger partial charge on any atom is 0.0915 e. The van der Waals surface area contributed by atoms with Gasteiger partial charge in [-0.1, -0.05) is 38.1 Å². The van der Waals surface area contributed by atoms with Gasteiger partial charge in [0.05, 0.1) is 6.07 Å². The lowest BCUT2D eigenvalue weighted by molar-refractivity contribution is 0.262. The Morgan fingerprint density at radius 2 is 1.94 bits per heavy atom. The van der Waals surface area contributed by atoms with Crippen LogP contribution in [0.4, 0.5) is 0 Å². The van der Waals surface area contributed by atoms with E-state index in [4.69, 9.17) is 5.26 Å². The van der Waals surface area contributed by atoms with Gasteiger partial charge in [0.15, 0.2) is 0 Å². The zero-order valence-corrected chi connectivity index (χ0v) is 10.5. The average molecular weight is 223 g/mol. The third-order valence-electron chi connectivity index (χ3n) is 4.71. The first-order valence-corrected chi connectivity index (χ1v) is 6.29. The third-order valence-corrected chi connectivity index (χ3v) is 4.71. The molecule has 1 fully saturated rings. The van der Waals surface area contributed by atoms with Crippen LogP contribution in [-0.4, -0.2) is 0 Å². The van der Waals surface area contributed by atoms with Gasteiger partial charge in [-0.15, -0.1) is 0 Å². The van der Waals surface area contributed by atoms with Crippen molar-refractivity contribution >= 4 is 5.57 Å². The zero-order chi connectivity index (χ0) is 12.1. The molecule has 2 aliphatic rings. The van der Waals surface area contributed by atoms with Crippen LogP contribution in [0.1, 0.15) is 44.2 Å². The molecule has 0 radical (unpaired) electrons. The van der Waals surface area contributed by atoms with E-state index in [2.05, 4.69) is 44.2 Å². The summed E-state index contributed by atoms with van der Waals surface area (Å²) < 4.78 is 0. The summed E-state index contributed by atoms with van der Waals surface area (Å²) in [6, 6.07) is 10.8. The summed E-state index contributed by atoms with van der Waals surface area (Å²) >= 11 is 0. The highest BCUT2D eigenvalue weighted by Gasteiger charge is 2.58. The van der Waals surface area contributed by atoms with Gasteiger partial charge in [-0.2, -0.15) is 5.26 Å². The number of benzene rings is 1. The van der Waals surface area contributed by atoms with Crippen LogP contribution in [0, 0.1) is 16.7 Å². The highest BCUT2D eigenvalue weighted by atomic mass is 14.6. The fourth-order valence-electron chi connectivity index (χ4n) is 3.56. The Hall–Kier alpha value is -1.55. The quantitative estimate of drug-likeness (QED) is 0.608. The van der Waals surface area contributed by atoms with E-state index in [-0.39, 0.29) is 5.41 Å². The van der Waals surface area contributed by atoms with Crippen LogP contribution in [-0.2, 0) is 5.41 Å². The minimum Gasteiger partial charge on any atom is -0.193 e. The highest BCUT2D eigenvalue weighted by molar-refractivity contribution is 5.75. The Kier molecular flexibility index (Phi) is 2.01. The number of fused-ring (bicyclic) bond motifs is 2. The van der Waals surface area contributed by atoms with E-state index >= 15 is 0 Å². The molecule has 0 heterocycles. The minimum atomic E-state index is 0.282. The van der Waals surface area contributed by atoms with Gasteiger partial charge in [0.25, 0.3) is 0 Å². The second kappa shape index (κ2) is 3.23. The van der Waals surface area contributed by atoms with Crippen LogP contribution in [0.5, 0.6) is 0 Å². The summed E-state index contributed by atoms with van der Waals surface area (Å²) in [5.41, 5.74) is 4.66. The molecule has 0 bridgehead atoms. The topological polar surface area (TPSA) is 23.8 Å². The lowest BCUT2D eigenvalue weighted by Gasteiger charge is -2.42. The molecule has 0 atom stereocenters. The van der Waals surface area contributed by atoms with E-state index in [1.807, 2.05) is 0 Å². The smallest absolute Gasteiger partial charge is 0.0915 e. The summed E-state index contributed by atoms with van der Waals surface area (Å²) in [7, 11) is 0. The molecule has 1 nitrogen and oxygen atoms in total. The molecule has 86 valence electrons. The molecule has 0 unspecified atom stereocenters. The van der Waals surface area contributed by atoms with Gasteiger partial charge in [0.2, 0.25) is 0 Å². The molecule has 2 aliphatic carbocycles. The first-order chi connectivity index (χ1) is 8.11. The Morgan fingerprint density at radius 1 is 1.24 bits per heavy atom. The van der Waals surface area contributed by atoms with E-state index in [1.165, 1.54) is 29.5 Å². The van der Waals surface area contributed by atoms with Gasteiger partial charge in [-0.05, 0) is 41.4 Å². The van der Waals surface area contributed by atoms with E-state index in [0.29, 0.717) is 5.41 Å². The molecule has 17 heavy (non-hydrogen) atoms. The van der Waals surface area contributed by atoms with Crippen molar-refractivity contribution < 1.29 is 0 Å². The molecular formula is C16H17N. The first kappa shape index (κ1) is 10.6. The number of nitriles is 1. The molecular weight excluding hydrogens is 206 g/mol. The maximum atomic E-state index is 8.93. The van der Waals surface area contributed by atoms with Crippen molar-refractivity contribution in [2.75, 3.05) is 0 Å². The summed E-state index contributed by atoms with van der Waals surface area (Å²) in [5, 5.41) is 8.93. The van der Waals surface area contributed by atoms with Crippen molar-refractivity contribution in [1.82, 2.24) is 0 Å². The standard InChI is InChI=1S/C16H17N/c1-15(2)11-12(7-10-17)13-5-3-4-6-14(13)16(15)8-9-16/h3-7H,8-9,11H2,1-2H3. The molecule has 1 spiro atoms. The average Bonchev–Trinajstić information content (AvgIpc) is 3.08. The number of hydrogen-bond acceptors (Lipinski definition) is 1. The van der Waals surface area contributed by atoms with Crippen molar-refractivity contribution in [2.24, 2.45) is 5.41 Å². The normalized spacial score (nSPS) is 25.4. The Balaban J connectivity index is 2.24. The second-order valence-electron chi connectivity index (χ2n) is 5.99. The lowest BCUT2D eigenvalue weighted by Crippen LogP contribution is -2.34. The third kappa shape index (κ3) is 1.30. The predicted molar refractivity (Wildman–Crippen MR) is 69.3 cm³/mol. The van der Waals surface area contributed by atoms with Gasteiger partial charge in [-0.25, -0.2) is 0 Å². The Bertz CT molecular complexity index is 539. The predicted octanol–water partition coefficient (Wildman–Crippen LogP) is 4.06. The van der Waals surface area contributed by atoms with Crippen LogP contribution in [0.3, 0.4) is 0 Å². The molecule has 1 aromatic rings. The number of allylic oxidation sites excluding steroid dienone is 2. The fraction of sp³-hybridized carbons (Fsp3) is 0.438. The Morgan fingerprint density at radius 3 is 2.59 bits per heavy atom. The molecule has 0 aromatic heterocycles. The van der Waals surface area contributed by atoms with Crippen LogP contribution >= 0.6 is 0 Å². The van der Waals surface area contributed by atoms with Crippen molar-refractivity contribution in [3.05, 3.63) is 41.5 Å². The second-order valence-corrected chi connectivity index (χ2v) is 5.99. The van der Waals surface area contributed by atoms with Gasteiger partial charge in [0.1, 0.15) is 0 Å². The van der Waals surface area contributed by atoms with Crippen LogP contribution in [0.25, 0.3) is 5.57 Å². The maximum absolute atomic E-state index is 8.93. The van der Waals surface area contributed by atoms with Crippen molar-refractivity contribution in [3.63, 3.8) is 0 Å². The molecule has 3 rings (SSSR count). The molecule has 1 heteroatoms. The zero-order valence-electron chi connectivity index (χ0n) is 10.5. The molecule has 1 aromatic carbocycles. The monoisotopic (exact) mass is 223 g/mol. The van der Waals surface area contributed by atoms with Gasteiger partial charge < -0.3 is 0 Å². The molecule has 0 N–H and O–H groups in total. The van der Waals surface area contributed by atoms with Crippen LogP contribution in [0.15, 0.2) is 30.3 Å². The number of nitrogens with zero attached hydrogens (tertiary/aromatic N) is 1. The summed E-state index contributed by atoms with van der Waals surface area (Å²) in [6.07, 6.45) is 5.36. The van der Waals surface area contributed by atoms with Crippen LogP contribution < -0.4 is 0 Å². The fourth-order valence-corrected chi connectivity index (χ4v) is 3.56. The van der Waals surface area contributed by atoms with E-state index in [9.17, 15) is 0 Å². The highest BCUT2D eigenvalue weighted by Crippen LogP contribution is 2.66. The number of hydrogen-bond donors (Lipinski definition) is 0. The lowest BCUT2D eigenvalue weighted by atomic mass is 9.62. The van der Waals surface area contributed by atoms with E-state index in [0.717, 1.165) is 6.42 Å². The van der Waals surface area contributed by atoms with E-state index in [1.54, 1.807) is 6.08 Å². The summed E-state index contributed by atoms with van der Waals surface area (Å²) in [4.78, 5) is 0. The number of rotatable bonds is 0. The molecule has 1 saturated carbocycles. The van der Waals surface area contributed by atoms with Gasteiger partial charge in [-0.3, -0.25) is 0 Å². The van der Waals surface area contributed by atoms with Gasteiger partial charge in [0, 0.05) is 11.5 Å². The van der Waals surface area contributed by atoms with Crippen LogP contribution in [0.2, 0.25) is 0 Å².